The van der Waals surface area contributed by atoms with Gasteiger partial charge in [0, 0.05) is 19.2 Å². The molecule has 0 aliphatic carbocycles. The second-order valence-electron chi connectivity index (χ2n) is 6.20. The Kier molecular flexibility index (Phi) is 4.86. The lowest BCUT2D eigenvalue weighted by atomic mass is 9.78. The minimum absolute atomic E-state index is 0.154. The van der Waals surface area contributed by atoms with E-state index >= 15 is 0 Å². The predicted molar refractivity (Wildman–Crippen MR) is 93.7 cm³/mol. The van der Waals surface area contributed by atoms with Crippen molar-refractivity contribution in [2.75, 3.05) is 20.3 Å². The Labute approximate surface area is 146 Å². The van der Waals surface area contributed by atoms with Gasteiger partial charge in [0.15, 0.2) is 0 Å². The summed E-state index contributed by atoms with van der Waals surface area (Å²) in [6.45, 7) is 2.63. The summed E-state index contributed by atoms with van der Waals surface area (Å²) in [5.74, 6) is -1.90. The highest BCUT2D eigenvalue weighted by molar-refractivity contribution is 6.00. The summed E-state index contributed by atoms with van der Waals surface area (Å²) >= 11 is 0. The second kappa shape index (κ2) is 7.07. The quantitative estimate of drug-likeness (QED) is 0.909. The third kappa shape index (κ3) is 3.03. The molecule has 5 nitrogen and oxygen atoms in total. The number of carboxylic acids is 1. The third-order valence-corrected chi connectivity index (χ3v) is 4.75. The molecular formula is C20H21NO4. The van der Waals surface area contributed by atoms with E-state index in [0.29, 0.717) is 24.3 Å². The summed E-state index contributed by atoms with van der Waals surface area (Å²) in [5.41, 5.74) is 2.85. The van der Waals surface area contributed by atoms with Gasteiger partial charge in [-0.15, -0.1) is 0 Å². The van der Waals surface area contributed by atoms with Gasteiger partial charge in [-0.05, 0) is 29.7 Å². The van der Waals surface area contributed by atoms with Crippen molar-refractivity contribution in [1.82, 2.24) is 4.90 Å². The lowest BCUT2D eigenvalue weighted by molar-refractivity contribution is -0.140. The topological polar surface area (TPSA) is 66.8 Å². The first-order valence-corrected chi connectivity index (χ1v) is 8.23. The second-order valence-corrected chi connectivity index (χ2v) is 6.20. The molecule has 1 amide bonds. The standard InChI is InChI=1S/C20H21NO4/c1-13-7-3-4-8-14(13)18-17(20(23)24)15-9-5-6-10-16(15)19(22)21(18)11-12-25-2/h3-10,17-18H,11-12H2,1-2H3,(H,23,24)/t17-,18-/m1/s1. The van der Waals surface area contributed by atoms with Gasteiger partial charge >= 0.3 is 5.97 Å². The fourth-order valence-corrected chi connectivity index (χ4v) is 3.56. The number of benzene rings is 2. The van der Waals surface area contributed by atoms with E-state index in [4.69, 9.17) is 4.74 Å². The van der Waals surface area contributed by atoms with Crippen molar-refractivity contribution in [3.05, 3.63) is 70.8 Å². The number of rotatable bonds is 5. The largest absolute Gasteiger partial charge is 0.481 e. The molecular weight excluding hydrogens is 318 g/mol. The van der Waals surface area contributed by atoms with Crippen LogP contribution in [0.4, 0.5) is 0 Å². The van der Waals surface area contributed by atoms with Crippen LogP contribution in [0, 0.1) is 6.92 Å². The molecule has 1 aliphatic rings. The molecule has 5 heteroatoms. The van der Waals surface area contributed by atoms with Crippen LogP contribution in [0.5, 0.6) is 0 Å². The van der Waals surface area contributed by atoms with Crippen molar-refractivity contribution in [2.24, 2.45) is 0 Å². The lowest BCUT2D eigenvalue weighted by Gasteiger charge is -2.41. The minimum atomic E-state index is -0.935. The van der Waals surface area contributed by atoms with Crippen LogP contribution in [0.15, 0.2) is 48.5 Å². The molecule has 0 fully saturated rings. The van der Waals surface area contributed by atoms with Gasteiger partial charge in [0.05, 0.1) is 12.6 Å². The molecule has 0 aromatic heterocycles. The van der Waals surface area contributed by atoms with Crippen LogP contribution in [0.1, 0.15) is 39.0 Å². The molecule has 2 aromatic rings. The number of hydrogen-bond donors (Lipinski definition) is 1. The number of methoxy groups -OCH3 is 1. The average Bonchev–Trinajstić information content (AvgIpc) is 2.61. The Morgan fingerprint density at radius 3 is 2.40 bits per heavy atom. The molecule has 0 spiro atoms. The monoisotopic (exact) mass is 339 g/mol. The van der Waals surface area contributed by atoms with Crippen molar-refractivity contribution in [1.29, 1.82) is 0 Å². The molecule has 2 atom stereocenters. The molecule has 0 radical (unpaired) electrons. The van der Waals surface area contributed by atoms with E-state index in [9.17, 15) is 14.7 Å². The number of carboxylic acid groups (broad SMARTS) is 1. The summed E-state index contributed by atoms with van der Waals surface area (Å²) < 4.78 is 5.15. The van der Waals surface area contributed by atoms with E-state index in [1.54, 1.807) is 36.3 Å². The van der Waals surface area contributed by atoms with Crippen LogP contribution in [0.2, 0.25) is 0 Å². The molecule has 0 bridgehead atoms. The van der Waals surface area contributed by atoms with Gasteiger partial charge in [-0.3, -0.25) is 9.59 Å². The number of carbonyl (C=O) groups excluding carboxylic acids is 1. The fourth-order valence-electron chi connectivity index (χ4n) is 3.56. The summed E-state index contributed by atoms with van der Waals surface area (Å²) in [5, 5.41) is 9.97. The van der Waals surface area contributed by atoms with Crippen molar-refractivity contribution < 1.29 is 19.4 Å². The van der Waals surface area contributed by atoms with Gasteiger partial charge in [-0.1, -0.05) is 42.5 Å². The molecule has 1 aliphatic heterocycles. The molecule has 25 heavy (non-hydrogen) atoms. The summed E-state index contributed by atoms with van der Waals surface area (Å²) in [7, 11) is 1.57. The number of hydrogen-bond acceptors (Lipinski definition) is 3. The van der Waals surface area contributed by atoms with Crippen LogP contribution >= 0.6 is 0 Å². The summed E-state index contributed by atoms with van der Waals surface area (Å²) in [4.78, 5) is 26.9. The van der Waals surface area contributed by atoms with Gasteiger partial charge in [0.25, 0.3) is 5.91 Å². The number of aryl methyl sites for hydroxylation is 1. The van der Waals surface area contributed by atoms with Gasteiger partial charge < -0.3 is 14.7 Å². The van der Waals surface area contributed by atoms with Crippen molar-refractivity contribution in [2.45, 2.75) is 18.9 Å². The Morgan fingerprint density at radius 1 is 1.12 bits per heavy atom. The van der Waals surface area contributed by atoms with E-state index < -0.39 is 17.9 Å². The van der Waals surface area contributed by atoms with Crippen LogP contribution in [0.25, 0.3) is 0 Å². The Balaban J connectivity index is 2.21. The average molecular weight is 339 g/mol. The molecule has 1 N–H and O–H groups in total. The molecule has 2 aromatic carbocycles. The number of aliphatic carboxylic acids is 1. The molecule has 1 heterocycles. The summed E-state index contributed by atoms with van der Waals surface area (Å²) in [6.07, 6.45) is 0. The van der Waals surface area contributed by atoms with Crippen LogP contribution < -0.4 is 0 Å². The molecule has 0 saturated heterocycles. The maximum atomic E-state index is 13.1. The van der Waals surface area contributed by atoms with Crippen LogP contribution in [0.3, 0.4) is 0 Å². The molecule has 3 rings (SSSR count). The molecule has 0 saturated carbocycles. The van der Waals surface area contributed by atoms with Gasteiger partial charge in [-0.25, -0.2) is 0 Å². The number of carbonyl (C=O) groups is 2. The highest BCUT2D eigenvalue weighted by Crippen LogP contribution is 2.43. The fraction of sp³-hybridized carbons (Fsp3) is 0.300. The number of ether oxygens (including phenoxy) is 1. The van der Waals surface area contributed by atoms with Crippen LogP contribution in [-0.4, -0.2) is 42.1 Å². The zero-order valence-electron chi connectivity index (χ0n) is 14.3. The highest BCUT2D eigenvalue weighted by atomic mass is 16.5. The Hall–Kier alpha value is -2.66. The number of nitrogens with zero attached hydrogens (tertiary/aromatic N) is 1. The van der Waals surface area contributed by atoms with E-state index in [2.05, 4.69) is 0 Å². The van der Waals surface area contributed by atoms with Crippen molar-refractivity contribution in [3.8, 4) is 0 Å². The minimum Gasteiger partial charge on any atom is -0.481 e. The summed E-state index contributed by atoms with van der Waals surface area (Å²) in [6, 6.07) is 14.0. The maximum absolute atomic E-state index is 13.1. The molecule has 130 valence electrons. The normalized spacial score (nSPS) is 19.6. The van der Waals surface area contributed by atoms with Gasteiger partial charge in [-0.2, -0.15) is 0 Å². The predicted octanol–water partition coefficient (Wildman–Crippen LogP) is 3.01. The van der Waals surface area contributed by atoms with Crippen molar-refractivity contribution in [3.63, 3.8) is 0 Å². The zero-order valence-corrected chi connectivity index (χ0v) is 14.3. The van der Waals surface area contributed by atoms with E-state index in [1.165, 1.54) is 0 Å². The Morgan fingerprint density at radius 2 is 1.76 bits per heavy atom. The SMILES string of the molecule is COCCN1C(=O)c2ccccc2[C@@H](C(=O)O)[C@H]1c1ccccc1C. The van der Waals surface area contributed by atoms with E-state index in [0.717, 1.165) is 11.1 Å². The number of amides is 1. The third-order valence-electron chi connectivity index (χ3n) is 4.75. The zero-order chi connectivity index (χ0) is 18.0. The van der Waals surface area contributed by atoms with E-state index in [1.807, 2.05) is 31.2 Å². The highest BCUT2D eigenvalue weighted by Gasteiger charge is 2.44. The maximum Gasteiger partial charge on any atom is 0.313 e. The van der Waals surface area contributed by atoms with Gasteiger partial charge in [0.2, 0.25) is 0 Å². The molecule has 0 unspecified atom stereocenters. The number of fused-ring (bicyclic) bond motifs is 1. The first-order valence-electron chi connectivity index (χ1n) is 8.23. The Bertz CT molecular complexity index is 802. The smallest absolute Gasteiger partial charge is 0.313 e. The van der Waals surface area contributed by atoms with Gasteiger partial charge in [0.1, 0.15) is 5.92 Å². The van der Waals surface area contributed by atoms with E-state index in [-0.39, 0.29) is 5.91 Å². The first-order chi connectivity index (χ1) is 12.1. The first kappa shape index (κ1) is 17.2. The van der Waals surface area contributed by atoms with Crippen molar-refractivity contribution >= 4 is 11.9 Å². The van der Waals surface area contributed by atoms with Crippen LogP contribution in [-0.2, 0) is 9.53 Å². The lowest BCUT2D eigenvalue weighted by Crippen LogP contribution is -2.46.